The third-order valence-corrected chi connectivity index (χ3v) is 4.73. The number of carbonyl (C=O) groups is 3. The zero-order chi connectivity index (χ0) is 16.8. The first kappa shape index (κ1) is 17.7. The van der Waals surface area contributed by atoms with Crippen LogP contribution >= 0.6 is 0 Å². The van der Waals surface area contributed by atoms with E-state index in [1.807, 2.05) is 0 Å². The fraction of sp³-hybridized carbons (Fsp3) is 0.812. The van der Waals surface area contributed by atoms with Gasteiger partial charge in [0.1, 0.15) is 0 Å². The minimum Gasteiger partial charge on any atom is -0.481 e. The van der Waals surface area contributed by atoms with Gasteiger partial charge in [-0.2, -0.15) is 0 Å². The van der Waals surface area contributed by atoms with Crippen molar-refractivity contribution < 1.29 is 29.3 Å². The first-order valence-corrected chi connectivity index (χ1v) is 8.38. The first-order chi connectivity index (χ1) is 11.0. The molecule has 0 spiro atoms. The Morgan fingerprint density at radius 1 is 0.913 bits per heavy atom. The minimum atomic E-state index is -0.948. The van der Waals surface area contributed by atoms with Crippen molar-refractivity contribution in [2.24, 2.45) is 11.8 Å². The van der Waals surface area contributed by atoms with E-state index in [0.29, 0.717) is 13.0 Å². The van der Waals surface area contributed by atoms with E-state index in [0.717, 1.165) is 38.5 Å². The number of rotatable bonds is 10. The molecule has 7 heteroatoms. The monoisotopic (exact) mass is 327 g/mol. The van der Waals surface area contributed by atoms with Gasteiger partial charge in [0.2, 0.25) is 5.91 Å². The first-order valence-electron chi connectivity index (χ1n) is 8.38. The summed E-state index contributed by atoms with van der Waals surface area (Å²) >= 11 is 0. The summed E-state index contributed by atoms with van der Waals surface area (Å²) in [5.41, 5.74) is 0. The van der Waals surface area contributed by atoms with Gasteiger partial charge >= 0.3 is 11.9 Å². The molecule has 3 N–H and O–H groups in total. The summed E-state index contributed by atoms with van der Waals surface area (Å²) in [6.45, 7) is 0.526. The number of amides is 1. The second-order valence-electron chi connectivity index (χ2n) is 6.38. The highest BCUT2D eigenvalue weighted by molar-refractivity contribution is 5.86. The molecule has 0 aliphatic carbocycles. The number of carboxylic acid groups (broad SMARTS) is 2. The van der Waals surface area contributed by atoms with E-state index in [-0.39, 0.29) is 24.5 Å². The lowest BCUT2D eigenvalue weighted by atomic mass is 9.78. The van der Waals surface area contributed by atoms with Crippen LogP contribution in [0, 0.1) is 11.8 Å². The number of nitrogens with one attached hydrogen (secondary N) is 1. The van der Waals surface area contributed by atoms with Crippen molar-refractivity contribution in [2.75, 3.05) is 6.54 Å². The molecule has 23 heavy (non-hydrogen) atoms. The van der Waals surface area contributed by atoms with Gasteiger partial charge in [0.25, 0.3) is 0 Å². The molecule has 2 aliphatic heterocycles. The van der Waals surface area contributed by atoms with Crippen LogP contribution in [-0.4, -0.2) is 46.8 Å². The van der Waals surface area contributed by atoms with Crippen LogP contribution in [0.5, 0.6) is 0 Å². The molecule has 0 aromatic heterocycles. The van der Waals surface area contributed by atoms with Gasteiger partial charge in [-0.05, 0) is 25.7 Å². The van der Waals surface area contributed by atoms with Gasteiger partial charge in [-0.3, -0.25) is 14.4 Å². The largest absolute Gasteiger partial charge is 0.481 e. The molecule has 2 bridgehead atoms. The van der Waals surface area contributed by atoms with Crippen LogP contribution in [-0.2, 0) is 19.1 Å². The topological polar surface area (TPSA) is 113 Å². The summed E-state index contributed by atoms with van der Waals surface area (Å²) in [7, 11) is 0. The van der Waals surface area contributed by atoms with Crippen molar-refractivity contribution in [3.8, 4) is 0 Å². The summed E-state index contributed by atoms with van der Waals surface area (Å²) in [5, 5.41) is 20.6. The molecular weight excluding hydrogens is 302 g/mol. The van der Waals surface area contributed by atoms with Gasteiger partial charge < -0.3 is 20.3 Å². The Morgan fingerprint density at radius 3 is 2.17 bits per heavy atom. The number of carbonyl (C=O) groups excluding carboxylic acids is 1. The zero-order valence-corrected chi connectivity index (χ0v) is 13.2. The summed E-state index contributed by atoms with van der Waals surface area (Å²) < 4.78 is 5.58. The van der Waals surface area contributed by atoms with E-state index in [1.165, 1.54) is 0 Å². The van der Waals surface area contributed by atoms with Gasteiger partial charge in [0.05, 0.1) is 24.0 Å². The van der Waals surface area contributed by atoms with E-state index < -0.39 is 23.8 Å². The molecule has 2 unspecified atom stereocenters. The molecule has 0 radical (unpaired) electrons. The molecule has 2 fully saturated rings. The summed E-state index contributed by atoms with van der Waals surface area (Å²) in [4.78, 5) is 33.9. The molecule has 2 aliphatic rings. The van der Waals surface area contributed by atoms with Crippen molar-refractivity contribution in [2.45, 2.75) is 63.6 Å². The average Bonchev–Trinajstić information content (AvgIpc) is 3.10. The predicted octanol–water partition coefficient (Wildman–Crippen LogP) is 1.41. The third-order valence-electron chi connectivity index (χ3n) is 4.73. The fourth-order valence-corrected chi connectivity index (χ4v) is 3.59. The number of hydrogen-bond acceptors (Lipinski definition) is 4. The summed E-state index contributed by atoms with van der Waals surface area (Å²) in [5.74, 6) is -3.21. The Hall–Kier alpha value is -1.63. The predicted molar refractivity (Wildman–Crippen MR) is 80.9 cm³/mol. The molecule has 0 aromatic rings. The normalized spacial score (nSPS) is 28.7. The van der Waals surface area contributed by atoms with Crippen LogP contribution < -0.4 is 5.32 Å². The number of fused-ring (bicyclic) bond motifs is 2. The number of hydrogen-bond donors (Lipinski definition) is 3. The van der Waals surface area contributed by atoms with E-state index in [9.17, 15) is 19.5 Å². The van der Waals surface area contributed by atoms with Gasteiger partial charge in [-0.15, -0.1) is 0 Å². The average molecular weight is 327 g/mol. The molecule has 2 saturated heterocycles. The number of carboxylic acids is 2. The molecule has 0 aromatic carbocycles. The van der Waals surface area contributed by atoms with Crippen LogP contribution in [0.1, 0.15) is 51.4 Å². The maximum atomic E-state index is 12.2. The SMILES string of the molecule is O=C(O)CCCCCCCNC(=O)C1C(C(=O)O)[C@H]2CC[C@H]1O2. The van der Waals surface area contributed by atoms with Crippen molar-refractivity contribution in [3.05, 3.63) is 0 Å². The van der Waals surface area contributed by atoms with E-state index >= 15 is 0 Å². The van der Waals surface area contributed by atoms with Crippen molar-refractivity contribution in [1.82, 2.24) is 5.32 Å². The summed E-state index contributed by atoms with van der Waals surface area (Å²) in [6.07, 6.45) is 5.37. The minimum absolute atomic E-state index is 0.206. The lowest BCUT2D eigenvalue weighted by Crippen LogP contribution is -2.44. The molecule has 7 nitrogen and oxygen atoms in total. The Labute approximate surface area is 135 Å². The Morgan fingerprint density at radius 2 is 1.52 bits per heavy atom. The van der Waals surface area contributed by atoms with Gasteiger partial charge in [-0.1, -0.05) is 19.3 Å². The van der Waals surface area contributed by atoms with Crippen LogP contribution in [0.25, 0.3) is 0 Å². The Bertz CT molecular complexity index is 452. The number of aliphatic carboxylic acids is 2. The quantitative estimate of drug-likeness (QED) is 0.523. The van der Waals surface area contributed by atoms with Crippen molar-refractivity contribution >= 4 is 17.8 Å². The lowest BCUT2D eigenvalue weighted by molar-refractivity contribution is -0.147. The zero-order valence-electron chi connectivity index (χ0n) is 13.2. The standard InChI is InChI=1S/C16H25NO6/c18-12(19)6-4-2-1-3-5-9-17-15(20)13-10-7-8-11(23-10)14(13)16(21)22/h10-11,13-14H,1-9H2,(H,17,20)(H,18,19)(H,21,22)/t10-,11-,13?,14?/m1/s1. The molecule has 0 saturated carbocycles. The highest BCUT2D eigenvalue weighted by Crippen LogP contribution is 2.43. The second-order valence-corrected chi connectivity index (χ2v) is 6.38. The van der Waals surface area contributed by atoms with Crippen LogP contribution in [0.3, 0.4) is 0 Å². The third kappa shape index (κ3) is 4.67. The van der Waals surface area contributed by atoms with E-state index in [1.54, 1.807) is 0 Å². The van der Waals surface area contributed by atoms with E-state index in [4.69, 9.17) is 9.84 Å². The second kappa shape index (κ2) is 8.29. The Kier molecular flexibility index (Phi) is 6.38. The summed E-state index contributed by atoms with van der Waals surface area (Å²) in [6, 6.07) is 0. The smallest absolute Gasteiger partial charge is 0.310 e. The molecule has 4 atom stereocenters. The molecule has 2 rings (SSSR count). The number of ether oxygens (including phenoxy) is 1. The lowest BCUT2D eigenvalue weighted by Gasteiger charge is -2.23. The van der Waals surface area contributed by atoms with Crippen LogP contribution in [0.4, 0.5) is 0 Å². The van der Waals surface area contributed by atoms with Crippen LogP contribution in [0.2, 0.25) is 0 Å². The van der Waals surface area contributed by atoms with Crippen LogP contribution in [0.15, 0.2) is 0 Å². The maximum Gasteiger partial charge on any atom is 0.310 e. The molecular formula is C16H25NO6. The van der Waals surface area contributed by atoms with Crippen molar-refractivity contribution in [3.63, 3.8) is 0 Å². The maximum absolute atomic E-state index is 12.2. The molecule has 1 amide bonds. The van der Waals surface area contributed by atoms with Gasteiger partial charge in [-0.25, -0.2) is 0 Å². The molecule has 130 valence electrons. The molecule has 2 heterocycles. The van der Waals surface area contributed by atoms with E-state index in [2.05, 4.69) is 5.32 Å². The van der Waals surface area contributed by atoms with Gasteiger partial charge in [0, 0.05) is 13.0 Å². The highest BCUT2D eigenvalue weighted by Gasteiger charge is 2.55. The highest BCUT2D eigenvalue weighted by atomic mass is 16.5. The number of unbranched alkanes of at least 4 members (excludes halogenated alkanes) is 4. The fourth-order valence-electron chi connectivity index (χ4n) is 3.59. The van der Waals surface area contributed by atoms with Gasteiger partial charge in [0.15, 0.2) is 0 Å². The van der Waals surface area contributed by atoms with Crippen molar-refractivity contribution in [1.29, 1.82) is 0 Å². The Balaban J connectivity index is 1.61.